The van der Waals surface area contributed by atoms with Gasteiger partial charge in [0, 0.05) is 38.9 Å². The highest BCUT2D eigenvalue weighted by Gasteiger charge is 2.33. The Morgan fingerprint density at radius 3 is 2.48 bits per heavy atom. The number of nitrogens with one attached hydrogen (secondary N) is 1. The van der Waals surface area contributed by atoms with Gasteiger partial charge < -0.3 is 29.5 Å². The highest BCUT2D eigenvalue weighted by Crippen LogP contribution is 2.34. The number of nitrogens with zero attached hydrogens (tertiary/aromatic N) is 8. The first-order valence-electron chi connectivity index (χ1n) is 17.2. The average molecular weight is 766 g/mol. The van der Waals surface area contributed by atoms with Gasteiger partial charge in [0.1, 0.15) is 18.6 Å². The van der Waals surface area contributed by atoms with Crippen molar-refractivity contribution in [3.8, 4) is 17.1 Å². The molecule has 1 aliphatic carbocycles. The molecule has 54 heavy (non-hydrogen) atoms. The van der Waals surface area contributed by atoms with Crippen molar-refractivity contribution < 1.29 is 32.6 Å². The van der Waals surface area contributed by atoms with Crippen LogP contribution in [0.2, 0.25) is 5.02 Å². The van der Waals surface area contributed by atoms with Crippen LogP contribution in [0.15, 0.2) is 47.5 Å². The van der Waals surface area contributed by atoms with Crippen molar-refractivity contribution in [2.45, 2.75) is 51.9 Å². The number of aromatic hydroxyl groups is 1. The van der Waals surface area contributed by atoms with Crippen LogP contribution >= 0.6 is 11.6 Å². The molecule has 5 aromatic rings. The van der Waals surface area contributed by atoms with Crippen molar-refractivity contribution >= 4 is 40.6 Å². The molecule has 3 aromatic heterocycles. The maximum atomic E-state index is 14.4. The van der Waals surface area contributed by atoms with Crippen molar-refractivity contribution in [2.24, 2.45) is 0 Å². The van der Waals surface area contributed by atoms with Gasteiger partial charge in [-0.15, -0.1) is 5.10 Å². The number of ether oxygens (including phenoxy) is 1. The number of piperazine rings is 1. The largest absolute Gasteiger partial charge is 0.504 e. The van der Waals surface area contributed by atoms with E-state index in [0.29, 0.717) is 17.7 Å². The summed E-state index contributed by atoms with van der Waals surface area (Å²) in [7, 11) is 1.67. The molecule has 2 aromatic carbocycles. The third kappa shape index (κ3) is 6.84. The van der Waals surface area contributed by atoms with Crippen molar-refractivity contribution in [2.75, 3.05) is 43.5 Å². The number of alkyl halides is 3. The molecule has 2 aliphatic rings. The van der Waals surface area contributed by atoms with Gasteiger partial charge in [-0.2, -0.15) is 22.7 Å². The molecule has 2 N–H and O–H groups in total. The molecule has 18 heteroatoms. The number of methoxy groups -OCH3 is 1. The van der Waals surface area contributed by atoms with Gasteiger partial charge in [0.15, 0.2) is 17.3 Å². The van der Waals surface area contributed by atoms with E-state index in [9.17, 15) is 32.7 Å². The second-order valence-electron chi connectivity index (χ2n) is 13.1. The van der Waals surface area contributed by atoms with Crippen LogP contribution in [-0.2, 0) is 41.5 Å². The smallest absolute Gasteiger partial charge is 0.416 e. The zero-order chi connectivity index (χ0) is 38.5. The highest BCUT2D eigenvalue weighted by atomic mass is 35.5. The summed E-state index contributed by atoms with van der Waals surface area (Å²) in [6.45, 7) is 3.83. The maximum Gasteiger partial charge on any atom is 0.416 e. The van der Waals surface area contributed by atoms with Crippen molar-refractivity contribution in [1.82, 2.24) is 34.0 Å². The van der Waals surface area contributed by atoms with Crippen LogP contribution in [0.5, 0.6) is 5.75 Å². The van der Waals surface area contributed by atoms with Gasteiger partial charge in [0.25, 0.3) is 11.5 Å². The van der Waals surface area contributed by atoms with Crippen LogP contribution in [0.3, 0.4) is 0 Å². The van der Waals surface area contributed by atoms with E-state index in [1.54, 1.807) is 18.6 Å². The molecule has 2 amide bonds. The highest BCUT2D eigenvalue weighted by molar-refractivity contribution is 6.33. The average Bonchev–Trinajstić information content (AvgIpc) is 3.79. The lowest BCUT2D eigenvalue weighted by Gasteiger charge is -2.36. The summed E-state index contributed by atoms with van der Waals surface area (Å²) in [5, 5.41) is 17.3. The number of carbonyl (C=O) groups is 2. The molecular weight excluding hydrogens is 731 g/mol. The second kappa shape index (κ2) is 14.4. The first-order chi connectivity index (χ1) is 25.8. The fourth-order valence-electron chi connectivity index (χ4n) is 6.97. The number of amides is 2. The Labute approximate surface area is 311 Å². The van der Waals surface area contributed by atoms with Crippen molar-refractivity contribution in [3.63, 3.8) is 0 Å². The number of benzene rings is 2. The number of anilines is 2. The zero-order valence-corrected chi connectivity index (χ0v) is 30.2. The maximum absolute atomic E-state index is 14.4. The fraction of sp³-hybridized carbons (Fsp3) is 0.361. The lowest BCUT2D eigenvalue weighted by molar-refractivity contribution is -0.137. The van der Waals surface area contributed by atoms with Gasteiger partial charge >= 0.3 is 6.18 Å². The third-order valence-electron chi connectivity index (χ3n) is 9.82. The third-order valence-corrected chi connectivity index (χ3v) is 10.1. The number of aromatic nitrogens is 6. The molecule has 0 unspecified atom stereocenters. The van der Waals surface area contributed by atoms with Crippen LogP contribution in [0.25, 0.3) is 17.2 Å². The molecule has 7 rings (SSSR count). The normalized spacial score (nSPS) is 15.9. The molecule has 1 aliphatic heterocycles. The number of halogens is 4. The molecule has 0 radical (unpaired) electrons. The summed E-state index contributed by atoms with van der Waals surface area (Å²) >= 11 is 6.15. The van der Waals surface area contributed by atoms with Crippen LogP contribution in [-0.4, -0.2) is 90.3 Å². The second-order valence-corrected chi connectivity index (χ2v) is 13.5. The van der Waals surface area contributed by atoms with Crippen LogP contribution in [0.1, 0.15) is 45.5 Å². The predicted molar refractivity (Wildman–Crippen MR) is 192 cm³/mol. The van der Waals surface area contributed by atoms with E-state index in [0.717, 1.165) is 40.3 Å². The van der Waals surface area contributed by atoms with Gasteiger partial charge in [-0.1, -0.05) is 30.7 Å². The van der Waals surface area contributed by atoms with E-state index in [4.69, 9.17) is 21.3 Å². The first-order valence-corrected chi connectivity index (χ1v) is 17.5. The Kier molecular flexibility index (Phi) is 9.78. The lowest BCUT2D eigenvalue weighted by Crippen LogP contribution is -2.51. The van der Waals surface area contributed by atoms with Crippen LogP contribution in [0.4, 0.5) is 24.5 Å². The molecule has 14 nitrogen and oxygen atoms in total. The summed E-state index contributed by atoms with van der Waals surface area (Å²) in [4.78, 5) is 57.3. The number of aryl methyl sites for hydroxylation is 1. The summed E-state index contributed by atoms with van der Waals surface area (Å²) in [6.07, 6.45) is -1.60. The molecule has 282 valence electrons. The minimum absolute atomic E-state index is 0.0228. The number of rotatable bonds is 8. The van der Waals surface area contributed by atoms with E-state index in [-0.39, 0.29) is 90.4 Å². The monoisotopic (exact) mass is 765 g/mol. The Hall–Kier alpha value is -5.55. The van der Waals surface area contributed by atoms with E-state index < -0.39 is 29.1 Å². The number of carbonyl (C=O) groups excluding carboxylic acids is 2. The molecule has 1 fully saturated rings. The van der Waals surface area contributed by atoms with E-state index in [2.05, 4.69) is 20.4 Å². The molecular formula is C36H35ClF3N9O5. The van der Waals surface area contributed by atoms with Crippen LogP contribution < -0.4 is 15.8 Å². The van der Waals surface area contributed by atoms with Crippen molar-refractivity contribution in [1.29, 1.82) is 0 Å². The first kappa shape index (κ1) is 36.8. The number of fused-ring (bicyclic) bond motifs is 2. The fourth-order valence-corrected chi connectivity index (χ4v) is 7.20. The summed E-state index contributed by atoms with van der Waals surface area (Å²) in [6, 6.07) is 8.45. The van der Waals surface area contributed by atoms with Gasteiger partial charge in [0.05, 0.1) is 33.8 Å². The molecule has 1 atom stereocenters. The quantitative estimate of drug-likeness (QED) is 0.233. The predicted octanol–water partition coefficient (Wildman–Crippen LogP) is 4.31. The Balaban J connectivity index is 1.25. The molecule has 1 saturated heterocycles. The molecule has 0 saturated carbocycles. The zero-order valence-electron chi connectivity index (χ0n) is 29.4. The minimum atomic E-state index is -4.62. The number of hydrogen-bond donors (Lipinski definition) is 2. The van der Waals surface area contributed by atoms with Gasteiger partial charge in [-0.25, -0.2) is 9.97 Å². The van der Waals surface area contributed by atoms with E-state index >= 15 is 0 Å². The van der Waals surface area contributed by atoms with Crippen molar-refractivity contribution in [3.05, 3.63) is 91.9 Å². The number of hydrogen-bond acceptors (Lipinski definition) is 10. The molecule has 4 heterocycles. The Bertz CT molecular complexity index is 2360. The molecule has 0 bridgehead atoms. The van der Waals surface area contributed by atoms with E-state index in [1.165, 1.54) is 11.2 Å². The van der Waals surface area contributed by atoms with Crippen LogP contribution in [0, 0.1) is 6.92 Å². The van der Waals surface area contributed by atoms with Gasteiger partial charge in [-0.05, 0) is 61.6 Å². The lowest BCUT2D eigenvalue weighted by atomic mass is 10.1. The van der Waals surface area contributed by atoms with E-state index in [1.807, 2.05) is 30.0 Å². The standard InChI is InChI=1S/C36H35ClF3N9O5/c1-4-27-30(46-9-11-47(12-10-46)33(52)29-31(51)19(2)41-18-42-29)34(53)49-35(44-32(45-49)21-6-5-20-14-24(54-3)15-22(20)13-21)48(27)17-28(50)43-26-8-7-23(16-25(26)37)36(38,39)40/h5-8,13,16,18,24,51H,4,9-12,14-15,17H2,1-3H3,(H,43,50)/t24-/m1/s1. The van der Waals surface area contributed by atoms with Gasteiger partial charge in [0.2, 0.25) is 11.7 Å². The Morgan fingerprint density at radius 2 is 1.80 bits per heavy atom. The minimum Gasteiger partial charge on any atom is -0.504 e. The summed E-state index contributed by atoms with van der Waals surface area (Å²) in [5.74, 6) is -1.07. The summed E-state index contributed by atoms with van der Waals surface area (Å²) < 4.78 is 48.1. The Morgan fingerprint density at radius 1 is 1.06 bits per heavy atom. The molecule has 0 spiro atoms. The van der Waals surface area contributed by atoms with Gasteiger partial charge in [-0.3, -0.25) is 14.4 Å². The summed E-state index contributed by atoms with van der Waals surface area (Å²) in [5.41, 5.74) is 2.29. The topological polar surface area (TPSA) is 160 Å². The SMILES string of the molecule is CCc1c(N2CCN(C(=O)c3ncnc(C)c3O)CC2)c(=O)n2nc(-c3ccc4c(c3)C[C@H](OC)C4)nc2n1CC(=O)Nc1ccc(C(F)(F)F)cc1Cl.